The fourth-order valence-corrected chi connectivity index (χ4v) is 6.17. The normalized spacial score (nSPS) is 26.4. The van der Waals surface area contributed by atoms with E-state index in [2.05, 4.69) is 30.6 Å². The van der Waals surface area contributed by atoms with Crippen LogP contribution in [0.15, 0.2) is 20.0 Å². The zero-order chi connectivity index (χ0) is 33.8. The number of aromatic nitrogens is 4. The van der Waals surface area contributed by atoms with Gasteiger partial charge in [-0.1, -0.05) is 11.0 Å². The first-order chi connectivity index (χ1) is 22.5. The van der Waals surface area contributed by atoms with Crippen LogP contribution in [0.5, 0.6) is 0 Å². The Kier molecular flexibility index (Phi) is 10.2. The fourth-order valence-electron chi connectivity index (χ4n) is 6.15. The topological polar surface area (TPSA) is 240 Å². The lowest BCUT2D eigenvalue weighted by atomic mass is 9.61. The summed E-state index contributed by atoms with van der Waals surface area (Å²) >= 11 is 0. The molecule has 7 rings (SSSR count). The number of imidazole rings is 1. The van der Waals surface area contributed by atoms with Gasteiger partial charge in [-0.3, -0.25) is 9.36 Å². The van der Waals surface area contributed by atoms with Crippen LogP contribution in [0.2, 0.25) is 0 Å². The number of hydrogen-bond donors (Lipinski definition) is 2. The van der Waals surface area contributed by atoms with Gasteiger partial charge in [-0.25, -0.2) is 24.4 Å². The van der Waals surface area contributed by atoms with Crippen molar-refractivity contribution in [2.45, 2.75) is 76.4 Å². The van der Waals surface area contributed by atoms with Gasteiger partial charge in [0.2, 0.25) is 5.60 Å². The number of esters is 1. The van der Waals surface area contributed by atoms with E-state index in [1.165, 1.54) is 17.8 Å². The molecule has 4 aliphatic rings. The lowest BCUT2D eigenvalue weighted by Gasteiger charge is -2.44. The molecule has 4 fully saturated rings. The summed E-state index contributed by atoms with van der Waals surface area (Å²) in [5.74, 6) is 1.80. The van der Waals surface area contributed by atoms with E-state index < -0.39 is 63.3 Å². The number of carbonyl (C=O) groups is 2. The Morgan fingerprint density at radius 1 is 1.23 bits per heavy atom. The maximum Gasteiger partial charge on any atom is 0.519 e. The van der Waals surface area contributed by atoms with Crippen LogP contribution in [0.3, 0.4) is 0 Å². The number of nitrogen functional groups attached to an aromatic ring is 1. The number of nitrogens with zero attached hydrogens (tertiary/aromatic N) is 4. The summed E-state index contributed by atoms with van der Waals surface area (Å²) in [6, 6.07) is 0. The minimum atomic E-state index is -1.74. The second kappa shape index (κ2) is 14.1. The van der Waals surface area contributed by atoms with Gasteiger partial charge in [-0.2, -0.15) is 14.4 Å². The van der Waals surface area contributed by atoms with Crippen molar-refractivity contribution < 1.29 is 61.3 Å². The second-order valence-electron chi connectivity index (χ2n) is 11.2. The minimum Gasteiger partial charge on any atom is -0.461 e. The molecule has 18 nitrogen and oxygen atoms in total. The molecule has 0 unspecified atom stereocenters. The van der Waals surface area contributed by atoms with Crippen LogP contribution in [0.25, 0.3) is 11.2 Å². The van der Waals surface area contributed by atoms with E-state index in [0.717, 1.165) is 38.5 Å². The fraction of sp³-hybridized carbons (Fsp3) is 0.556. The minimum absolute atomic E-state index is 0.000264. The molecule has 47 heavy (non-hydrogen) atoms. The van der Waals surface area contributed by atoms with Gasteiger partial charge in [-0.05, 0) is 51.4 Å². The first kappa shape index (κ1) is 33.9. The van der Waals surface area contributed by atoms with E-state index in [0.29, 0.717) is 5.92 Å². The molecule has 2 bridgehead atoms. The molecule has 3 saturated carbocycles. The monoisotopic (exact) mass is 681 g/mol. The molecule has 3 atom stereocenters. The molecular formula is C27H29FN5O13P. The molecule has 3 N–H and O–H groups in total. The summed E-state index contributed by atoms with van der Waals surface area (Å²) < 4.78 is 60.0. The second-order valence-corrected chi connectivity index (χ2v) is 11.5. The SMILES string of the molecule is C#C[C@]1(COC(=O)C23CCC(CC2)CC3)O[C@@H](n2cnc3c(N)nc(F)nc32)C[C@@H]1OC(=O)OCc1oc(=O)oc1C.O=POOO. The third-order valence-electron chi connectivity index (χ3n) is 8.66. The lowest BCUT2D eigenvalue weighted by molar-refractivity contribution is -0.435. The predicted octanol–water partition coefficient (Wildman–Crippen LogP) is 3.54. The van der Waals surface area contributed by atoms with Crippen molar-refractivity contribution in [1.82, 2.24) is 19.5 Å². The molecule has 3 aromatic rings. The Hall–Kier alpha value is -4.47. The average Bonchev–Trinajstić information content (AvgIpc) is 3.74. The molecule has 3 aliphatic carbocycles. The number of terminal acetylenes is 1. The number of carbonyl (C=O) groups excluding carboxylic acids is 2. The Bertz CT molecular complexity index is 1720. The van der Waals surface area contributed by atoms with Gasteiger partial charge in [-0.15, -0.1) is 11.1 Å². The van der Waals surface area contributed by atoms with Crippen LogP contribution in [0.1, 0.15) is 62.7 Å². The number of hydrogen-bond acceptors (Lipinski definition) is 17. The van der Waals surface area contributed by atoms with Gasteiger partial charge in [0.15, 0.2) is 41.2 Å². The predicted molar refractivity (Wildman–Crippen MR) is 150 cm³/mol. The standard InChI is InChI=1S/C27H28FN5O9.HO4P/c1-3-27(12-38-22(34)26-7-4-15(5-8-26)6-9-26)17(41-24(35)37-11-16-14(2)39-25(36)40-16)10-18(42-27)33-13-30-19-20(29)31-23(28)32-21(19)33;1-3-4-5-2/h1,13,15,17-18H,4-12H2,2H3,(H2,29,31,32);1H/t15?,17-,18+,26?,27+;/m0./s1. The number of ether oxygens (including phenoxy) is 4. The zero-order valence-corrected chi connectivity index (χ0v) is 25.7. The van der Waals surface area contributed by atoms with Gasteiger partial charge < -0.3 is 33.5 Å². The van der Waals surface area contributed by atoms with Crippen LogP contribution in [0.4, 0.5) is 15.0 Å². The van der Waals surface area contributed by atoms with Crippen molar-refractivity contribution in [1.29, 1.82) is 0 Å². The van der Waals surface area contributed by atoms with Crippen molar-refractivity contribution in [3.8, 4) is 12.3 Å². The molecule has 1 aliphatic heterocycles. The Balaban J connectivity index is 0.000000807. The number of anilines is 1. The van der Waals surface area contributed by atoms with Crippen molar-refractivity contribution >= 4 is 37.8 Å². The summed E-state index contributed by atoms with van der Waals surface area (Å²) in [5, 5.41) is 10.0. The summed E-state index contributed by atoms with van der Waals surface area (Å²) in [5.41, 5.74) is 3.64. The van der Waals surface area contributed by atoms with Crippen LogP contribution in [-0.4, -0.2) is 55.2 Å². The van der Waals surface area contributed by atoms with Gasteiger partial charge in [0.25, 0.3) is 0 Å². The zero-order valence-electron chi connectivity index (χ0n) is 24.8. The van der Waals surface area contributed by atoms with E-state index in [1.807, 2.05) is 0 Å². The van der Waals surface area contributed by atoms with Gasteiger partial charge >= 0.3 is 32.7 Å². The van der Waals surface area contributed by atoms with Gasteiger partial charge in [0.1, 0.15) is 12.8 Å². The Morgan fingerprint density at radius 3 is 2.55 bits per heavy atom. The van der Waals surface area contributed by atoms with E-state index in [4.69, 9.17) is 49.8 Å². The molecule has 3 aromatic heterocycles. The van der Waals surface area contributed by atoms with Crippen LogP contribution in [0, 0.1) is 36.7 Å². The maximum atomic E-state index is 14.0. The van der Waals surface area contributed by atoms with E-state index >= 15 is 0 Å². The Labute approximate surface area is 265 Å². The molecule has 0 radical (unpaired) electrons. The number of rotatable bonds is 9. The molecular weight excluding hydrogens is 652 g/mol. The highest BCUT2D eigenvalue weighted by molar-refractivity contribution is 7.17. The quantitative estimate of drug-likeness (QED) is 0.0819. The van der Waals surface area contributed by atoms with Crippen LogP contribution in [-0.2, 0) is 44.6 Å². The van der Waals surface area contributed by atoms with E-state index in [1.54, 1.807) is 0 Å². The smallest absolute Gasteiger partial charge is 0.461 e. The number of aryl methyl sites for hydroxylation is 1. The maximum absolute atomic E-state index is 14.0. The lowest BCUT2D eigenvalue weighted by Crippen LogP contribution is -2.48. The average molecular weight is 682 g/mol. The van der Waals surface area contributed by atoms with Crippen molar-refractivity contribution in [3.05, 3.63) is 34.5 Å². The van der Waals surface area contributed by atoms with Gasteiger partial charge in [0, 0.05) is 6.42 Å². The van der Waals surface area contributed by atoms with Gasteiger partial charge in [0.05, 0.1) is 11.7 Å². The van der Waals surface area contributed by atoms with E-state index in [-0.39, 0.29) is 40.9 Å². The molecule has 4 heterocycles. The summed E-state index contributed by atoms with van der Waals surface area (Å²) in [6.07, 6.45) is 7.93. The van der Waals surface area contributed by atoms with Crippen molar-refractivity contribution in [3.63, 3.8) is 0 Å². The number of halogens is 1. The molecule has 0 spiro atoms. The Morgan fingerprint density at radius 2 is 1.96 bits per heavy atom. The summed E-state index contributed by atoms with van der Waals surface area (Å²) in [6.45, 7) is 0.599. The van der Waals surface area contributed by atoms with E-state index in [9.17, 15) is 18.8 Å². The molecule has 252 valence electrons. The first-order valence-corrected chi connectivity index (χ1v) is 15.0. The molecule has 0 amide bonds. The highest BCUT2D eigenvalue weighted by Crippen LogP contribution is 2.51. The third-order valence-corrected chi connectivity index (χ3v) is 8.79. The first-order valence-electron chi connectivity index (χ1n) is 14.2. The highest BCUT2D eigenvalue weighted by atomic mass is 31.1. The van der Waals surface area contributed by atoms with Crippen molar-refractivity contribution in [2.24, 2.45) is 11.3 Å². The van der Waals surface area contributed by atoms with Crippen molar-refractivity contribution in [2.75, 3.05) is 12.3 Å². The summed E-state index contributed by atoms with van der Waals surface area (Å²) in [4.78, 5) is 48.8. The highest BCUT2D eigenvalue weighted by Gasteiger charge is 2.54. The number of fused-ring (bicyclic) bond motifs is 4. The largest absolute Gasteiger partial charge is 0.519 e. The number of nitrogens with two attached hydrogens (primary N) is 1. The molecule has 0 aromatic carbocycles. The summed E-state index contributed by atoms with van der Waals surface area (Å²) in [7, 11) is -0.693. The third kappa shape index (κ3) is 7.11. The molecule has 20 heteroatoms. The van der Waals surface area contributed by atoms with Crippen LogP contribution < -0.4 is 11.6 Å². The van der Waals surface area contributed by atoms with Crippen LogP contribution >= 0.6 is 8.69 Å². The molecule has 1 saturated heterocycles.